The van der Waals surface area contributed by atoms with Crippen LogP contribution < -0.4 is 14.8 Å². The minimum atomic E-state index is -3.54. The SMILES string of the molecule is COc1cc(C)c(S(=O)(=O)N2CCNC[C@H]2C)cc1OC.Cl. The van der Waals surface area contributed by atoms with E-state index in [0.717, 1.165) is 0 Å². The average molecular weight is 351 g/mol. The van der Waals surface area contributed by atoms with Crippen LogP contribution in [0.2, 0.25) is 0 Å². The lowest BCUT2D eigenvalue weighted by Crippen LogP contribution is -2.52. The lowest BCUT2D eigenvalue weighted by atomic mass is 10.2. The number of hydrogen-bond acceptors (Lipinski definition) is 5. The Kier molecular flexibility index (Phi) is 6.49. The molecule has 0 bridgehead atoms. The zero-order valence-corrected chi connectivity index (χ0v) is 14.9. The molecule has 1 aliphatic rings. The minimum Gasteiger partial charge on any atom is -0.493 e. The van der Waals surface area contributed by atoms with Crippen LogP contribution in [-0.2, 0) is 10.0 Å². The molecule has 0 amide bonds. The van der Waals surface area contributed by atoms with Gasteiger partial charge in [-0.1, -0.05) is 0 Å². The monoisotopic (exact) mass is 350 g/mol. The molecule has 1 heterocycles. The average Bonchev–Trinajstić information content (AvgIpc) is 2.46. The summed E-state index contributed by atoms with van der Waals surface area (Å²) in [4.78, 5) is 0.272. The highest BCUT2D eigenvalue weighted by atomic mass is 35.5. The first kappa shape index (κ1) is 19.0. The number of benzene rings is 1. The van der Waals surface area contributed by atoms with Gasteiger partial charge in [-0.3, -0.25) is 0 Å². The number of nitrogens with zero attached hydrogens (tertiary/aromatic N) is 1. The first-order valence-corrected chi connectivity index (χ1v) is 8.31. The summed E-state index contributed by atoms with van der Waals surface area (Å²) in [5.74, 6) is 0.951. The molecule has 126 valence electrons. The van der Waals surface area contributed by atoms with Crippen molar-refractivity contribution in [1.82, 2.24) is 9.62 Å². The fourth-order valence-electron chi connectivity index (χ4n) is 2.55. The number of rotatable bonds is 4. The Hall–Kier alpha value is -1.02. The number of piperazine rings is 1. The van der Waals surface area contributed by atoms with Gasteiger partial charge in [0.25, 0.3) is 0 Å². The molecule has 1 fully saturated rings. The van der Waals surface area contributed by atoms with E-state index < -0.39 is 10.0 Å². The maximum atomic E-state index is 12.9. The van der Waals surface area contributed by atoms with Gasteiger partial charge in [0.1, 0.15) is 0 Å². The van der Waals surface area contributed by atoms with E-state index in [1.165, 1.54) is 24.6 Å². The standard InChI is InChI=1S/C14H22N2O4S.ClH/c1-10-7-12(19-3)13(20-4)8-14(10)21(17,18)16-6-5-15-9-11(16)2;/h7-8,11,15H,5-6,9H2,1-4H3;1H/t11-;/m1./s1. The Morgan fingerprint density at radius 1 is 1.23 bits per heavy atom. The van der Waals surface area contributed by atoms with Crippen molar-refractivity contribution in [3.8, 4) is 11.5 Å². The first-order chi connectivity index (χ1) is 9.91. The number of aryl methyl sites for hydroxylation is 1. The van der Waals surface area contributed by atoms with E-state index >= 15 is 0 Å². The van der Waals surface area contributed by atoms with Crippen molar-refractivity contribution in [1.29, 1.82) is 0 Å². The number of sulfonamides is 1. The predicted molar refractivity (Wildman–Crippen MR) is 87.8 cm³/mol. The van der Waals surface area contributed by atoms with Crippen molar-refractivity contribution in [3.05, 3.63) is 17.7 Å². The smallest absolute Gasteiger partial charge is 0.243 e. The summed E-state index contributed by atoms with van der Waals surface area (Å²) in [7, 11) is -0.513. The number of methoxy groups -OCH3 is 2. The summed E-state index contributed by atoms with van der Waals surface area (Å²) >= 11 is 0. The molecule has 0 unspecified atom stereocenters. The van der Waals surface area contributed by atoms with Gasteiger partial charge >= 0.3 is 0 Å². The van der Waals surface area contributed by atoms with Gasteiger partial charge in [-0.2, -0.15) is 4.31 Å². The summed E-state index contributed by atoms with van der Waals surface area (Å²) in [6, 6.07) is 3.16. The molecule has 0 spiro atoms. The molecular weight excluding hydrogens is 328 g/mol. The summed E-state index contributed by atoms with van der Waals surface area (Å²) in [6.45, 7) is 5.46. The highest BCUT2D eigenvalue weighted by Gasteiger charge is 2.32. The Morgan fingerprint density at radius 3 is 2.36 bits per heavy atom. The highest BCUT2D eigenvalue weighted by molar-refractivity contribution is 7.89. The molecule has 1 atom stereocenters. The summed E-state index contributed by atoms with van der Waals surface area (Å²) in [5, 5.41) is 3.19. The zero-order valence-electron chi connectivity index (χ0n) is 13.3. The van der Waals surface area contributed by atoms with Crippen LogP contribution in [0.25, 0.3) is 0 Å². The molecule has 8 heteroatoms. The van der Waals surface area contributed by atoms with Crippen LogP contribution >= 0.6 is 12.4 Å². The number of ether oxygens (including phenoxy) is 2. The van der Waals surface area contributed by atoms with Gasteiger partial charge in [-0.15, -0.1) is 12.4 Å². The van der Waals surface area contributed by atoms with Crippen LogP contribution in [-0.4, -0.2) is 52.6 Å². The molecule has 6 nitrogen and oxygen atoms in total. The van der Waals surface area contributed by atoms with Gasteiger partial charge in [0.15, 0.2) is 11.5 Å². The zero-order chi connectivity index (χ0) is 15.6. The van der Waals surface area contributed by atoms with Gasteiger partial charge in [-0.25, -0.2) is 8.42 Å². The molecule has 1 aromatic carbocycles. The molecule has 0 saturated carbocycles. The summed E-state index contributed by atoms with van der Waals surface area (Å²) < 4.78 is 37.7. The second-order valence-corrected chi connectivity index (χ2v) is 7.00. The first-order valence-electron chi connectivity index (χ1n) is 6.87. The van der Waals surface area contributed by atoms with Crippen molar-refractivity contribution >= 4 is 22.4 Å². The van der Waals surface area contributed by atoms with Crippen molar-refractivity contribution in [2.24, 2.45) is 0 Å². The van der Waals surface area contributed by atoms with Gasteiger partial charge < -0.3 is 14.8 Å². The molecule has 1 aromatic rings. The second kappa shape index (κ2) is 7.50. The molecule has 1 N–H and O–H groups in total. The van der Waals surface area contributed by atoms with E-state index in [0.29, 0.717) is 36.7 Å². The van der Waals surface area contributed by atoms with Crippen molar-refractivity contribution < 1.29 is 17.9 Å². The number of nitrogens with one attached hydrogen (secondary N) is 1. The molecular formula is C14H23ClN2O4S. The third-order valence-electron chi connectivity index (χ3n) is 3.71. The Morgan fingerprint density at radius 2 is 1.82 bits per heavy atom. The fraction of sp³-hybridized carbons (Fsp3) is 0.571. The third-order valence-corrected chi connectivity index (χ3v) is 5.86. The second-order valence-electron chi connectivity index (χ2n) is 5.14. The molecule has 0 aliphatic carbocycles. The van der Waals surface area contributed by atoms with Gasteiger partial charge in [-0.05, 0) is 25.5 Å². The van der Waals surface area contributed by atoms with E-state index in [9.17, 15) is 8.42 Å². The van der Waals surface area contributed by atoms with Crippen LogP contribution in [0.1, 0.15) is 12.5 Å². The van der Waals surface area contributed by atoms with Crippen LogP contribution in [0.3, 0.4) is 0 Å². The summed E-state index contributed by atoms with van der Waals surface area (Å²) in [5.41, 5.74) is 0.651. The Bertz CT molecular complexity index is 622. The lowest BCUT2D eigenvalue weighted by molar-refractivity contribution is 0.283. The molecule has 1 aliphatic heterocycles. The van der Waals surface area contributed by atoms with E-state index in [2.05, 4.69) is 5.32 Å². The van der Waals surface area contributed by atoms with Crippen LogP contribution in [0.15, 0.2) is 17.0 Å². The van der Waals surface area contributed by atoms with Crippen molar-refractivity contribution in [3.63, 3.8) is 0 Å². The van der Waals surface area contributed by atoms with Crippen molar-refractivity contribution in [2.75, 3.05) is 33.9 Å². The fourth-order valence-corrected chi connectivity index (χ4v) is 4.40. The van der Waals surface area contributed by atoms with E-state index in [1.807, 2.05) is 6.92 Å². The third kappa shape index (κ3) is 3.48. The van der Waals surface area contributed by atoms with Crippen molar-refractivity contribution in [2.45, 2.75) is 24.8 Å². The normalized spacial score (nSPS) is 19.4. The van der Waals surface area contributed by atoms with Crippen LogP contribution in [0, 0.1) is 6.92 Å². The maximum absolute atomic E-state index is 12.9. The maximum Gasteiger partial charge on any atom is 0.243 e. The van der Waals surface area contributed by atoms with E-state index in [1.54, 1.807) is 13.0 Å². The number of hydrogen-bond donors (Lipinski definition) is 1. The van der Waals surface area contributed by atoms with E-state index in [4.69, 9.17) is 9.47 Å². The molecule has 0 radical (unpaired) electrons. The van der Waals surface area contributed by atoms with Crippen LogP contribution in [0.5, 0.6) is 11.5 Å². The lowest BCUT2D eigenvalue weighted by Gasteiger charge is -2.33. The highest BCUT2D eigenvalue weighted by Crippen LogP contribution is 2.34. The molecule has 1 saturated heterocycles. The topological polar surface area (TPSA) is 67.9 Å². The van der Waals surface area contributed by atoms with Crippen LogP contribution in [0.4, 0.5) is 0 Å². The molecule has 2 rings (SSSR count). The van der Waals surface area contributed by atoms with Gasteiger partial charge in [0, 0.05) is 31.7 Å². The minimum absolute atomic E-state index is 0. The predicted octanol–water partition coefficient (Wildman–Crippen LogP) is 1.42. The van der Waals surface area contributed by atoms with E-state index in [-0.39, 0.29) is 23.3 Å². The largest absolute Gasteiger partial charge is 0.493 e. The number of halogens is 1. The summed E-state index contributed by atoms with van der Waals surface area (Å²) in [6.07, 6.45) is 0. The quantitative estimate of drug-likeness (QED) is 0.889. The molecule has 0 aromatic heterocycles. The molecule has 22 heavy (non-hydrogen) atoms. The van der Waals surface area contributed by atoms with Gasteiger partial charge in [0.05, 0.1) is 19.1 Å². The Labute approximate surface area is 138 Å². The van der Waals surface area contributed by atoms with Gasteiger partial charge in [0.2, 0.25) is 10.0 Å². The Balaban J connectivity index is 0.00000242.